The number of fused-ring (bicyclic) bond motifs is 1. The predicted octanol–water partition coefficient (Wildman–Crippen LogP) is 4.74. The van der Waals surface area contributed by atoms with Crippen molar-refractivity contribution in [3.63, 3.8) is 0 Å². The number of hydrogen-bond donors (Lipinski definition) is 2. The SMILES string of the molecule is O=C(O)Nc1cn(-c2ccc(C(F)(F)F)cc2)c2ccccc12. The van der Waals surface area contributed by atoms with Crippen LogP contribution in [0.1, 0.15) is 5.56 Å². The number of nitrogens with zero attached hydrogens (tertiary/aromatic N) is 1. The maximum Gasteiger partial charge on any atom is 0.416 e. The van der Waals surface area contributed by atoms with Gasteiger partial charge in [0.25, 0.3) is 0 Å². The molecule has 1 amide bonds. The lowest BCUT2D eigenvalue weighted by atomic mass is 10.2. The topological polar surface area (TPSA) is 54.3 Å². The molecule has 0 radical (unpaired) electrons. The van der Waals surface area contributed by atoms with Crippen LogP contribution in [0, 0.1) is 0 Å². The third kappa shape index (κ3) is 2.85. The lowest BCUT2D eigenvalue weighted by Crippen LogP contribution is -2.06. The Morgan fingerprint density at radius 3 is 2.30 bits per heavy atom. The highest BCUT2D eigenvalue weighted by atomic mass is 19.4. The van der Waals surface area contributed by atoms with E-state index in [0.29, 0.717) is 22.3 Å². The van der Waals surface area contributed by atoms with Crippen LogP contribution in [0.15, 0.2) is 54.7 Å². The highest BCUT2D eigenvalue weighted by molar-refractivity contribution is 6.00. The van der Waals surface area contributed by atoms with E-state index >= 15 is 0 Å². The van der Waals surface area contributed by atoms with Crippen molar-refractivity contribution in [1.82, 2.24) is 4.57 Å². The lowest BCUT2D eigenvalue weighted by Gasteiger charge is -2.09. The van der Waals surface area contributed by atoms with Crippen molar-refractivity contribution in [3.8, 4) is 5.69 Å². The number of alkyl halides is 3. The number of amides is 1. The fourth-order valence-corrected chi connectivity index (χ4v) is 2.42. The van der Waals surface area contributed by atoms with Gasteiger partial charge in [-0.2, -0.15) is 13.2 Å². The fraction of sp³-hybridized carbons (Fsp3) is 0.0625. The van der Waals surface area contributed by atoms with Crippen LogP contribution in [-0.4, -0.2) is 15.8 Å². The van der Waals surface area contributed by atoms with E-state index in [4.69, 9.17) is 5.11 Å². The number of para-hydroxylation sites is 1. The summed E-state index contributed by atoms with van der Waals surface area (Å²) in [6.07, 6.45) is -4.06. The zero-order chi connectivity index (χ0) is 16.6. The molecular formula is C16H11F3N2O2. The maximum atomic E-state index is 12.6. The van der Waals surface area contributed by atoms with E-state index in [9.17, 15) is 18.0 Å². The van der Waals surface area contributed by atoms with Crippen molar-refractivity contribution >= 4 is 22.7 Å². The summed E-state index contributed by atoms with van der Waals surface area (Å²) in [5.74, 6) is 0. The summed E-state index contributed by atoms with van der Waals surface area (Å²) < 4.78 is 39.6. The summed E-state index contributed by atoms with van der Waals surface area (Å²) in [7, 11) is 0. The summed E-state index contributed by atoms with van der Waals surface area (Å²) in [4.78, 5) is 10.9. The van der Waals surface area contributed by atoms with Gasteiger partial charge in [-0.05, 0) is 30.3 Å². The molecule has 2 N–H and O–H groups in total. The average molecular weight is 320 g/mol. The molecule has 7 heteroatoms. The molecule has 0 aliphatic rings. The molecule has 2 aromatic carbocycles. The van der Waals surface area contributed by atoms with E-state index in [-0.39, 0.29) is 0 Å². The van der Waals surface area contributed by atoms with Gasteiger partial charge in [-0.25, -0.2) is 4.79 Å². The van der Waals surface area contributed by atoms with Crippen LogP contribution in [0.3, 0.4) is 0 Å². The average Bonchev–Trinajstić information content (AvgIpc) is 2.85. The summed E-state index contributed by atoms with van der Waals surface area (Å²) in [5.41, 5.74) is 0.832. The monoisotopic (exact) mass is 320 g/mol. The molecule has 118 valence electrons. The molecule has 0 atom stereocenters. The normalized spacial score (nSPS) is 11.6. The smallest absolute Gasteiger partial charge is 0.416 e. The van der Waals surface area contributed by atoms with Gasteiger partial charge in [0.05, 0.1) is 16.8 Å². The molecule has 0 fully saturated rings. The molecule has 3 aromatic rings. The first kappa shape index (κ1) is 15.0. The number of hydrogen-bond acceptors (Lipinski definition) is 1. The van der Waals surface area contributed by atoms with Gasteiger partial charge in [-0.15, -0.1) is 0 Å². The molecule has 0 aliphatic heterocycles. The Bertz CT molecular complexity index is 867. The largest absolute Gasteiger partial charge is 0.465 e. The van der Waals surface area contributed by atoms with E-state index in [1.165, 1.54) is 12.1 Å². The van der Waals surface area contributed by atoms with Crippen molar-refractivity contribution in [2.45, 2.75) is 6.18 Å². The Morgan fingerprint density at radius 2 is 1.70 bits per heavy atom. The van der Waals surface area contributed by atoms with Gasteiger partial charge in [-0.3, -0.25) is 5.32 Å². The number of carboxylic acid groups (broad SMARTS) is 1. The number of aromatic nitrogens is 1. The minimum absolute atomic E-state index is 0.369. The number of rotatable bonds is 2. The number of benzene rings is 2. The molecule has 0 saturated heterocycles. The zero-order valence-electron chi connectivity index (χ0n) is 11.6. The van der Waals surface area contributed by atoms with E-state index in [2.05, 4.69) is 5.32 Å². The Morgan fingerprint density at radius 1 is 1.04 bits per heavy atom. The third-order valence-corrected chi connectivity index (χ3v) is 3.43. The van der Waals surface area contributed by atoms with Crippen LogP contribution in [0.2, 0.25) is 0 Å². The third-order valence-electron chi connectivity index (χ3n) is 3.43. The highest BCUT2D eigenvalue weighted by Crippen LogP contribution is 2.32. The first-order chi connectivity index (χ1) is 10.9. The summed E-state index contributed by atoms with van der Waals surface area (Å²) in [6.45, 7) is 0. The van der Waals surface area contributed by atoms with Crippen LogP contribution in [0.5, 0.6) is 0 Å². The van der Waals surface area contributed by atoms with E-state index in [1.54, 1.807) is 35.0 Å². The van der Waals surface area contributed by atoms with Crippen molar-refractivity contribution < 1.29 is 23.1 Å². The maximum absolute atomic E-state index is 12.6. The first-order valence-corrected chi connectivity index (χ1v) is 6.64. The molecule has 0 unspecified atom stereocenters. The van der Waals surface area contributed by atoms with Crippen molar-refractivity contribution in [2.24, 2.45) is 0 Å². The molecular weight excluding hydrogens is 309 g/mol. The second kappa shape index (κ2) is 5.35. The van der Waals surface area contributed by atoms with E-state index in [0.717, 1.165) is 12.1 Å². The van der Waals surface area contributed by atoms with Crippen molar-refractivity contribution in [1.29, 1.82) is 0 Å². The number of halogens is 3. The molecule has 23 heavy (non-hydrogen) atoms. The lowest BCUT2D eigenvalue weighted by molar-refractivity contribution is -0.137. The van der Waals surface area contributed by atoms with Crippen molar-refractivity contribution in [2.75, 3.05) is 5.32 Å². The Labute approximate surface area is 128 Å². The minimum Gasteiger partial charge on any atom is -0.465 e. The van der Waals surface area contributed by atoms with Crippen LogP contribution in [-0.2, 0) is 6.18 Å². The molecule has 1 heterocycles. The van der Waals surface area contributed by atoms with E-state index in [1.807, 2.05) is 0 Å². The van der Waals surface area contributed by atoms with Gasteiger partial charge < -0.3 is 9.67 Å². The van der Waals surface area contributed by atoms with Gasteiger partial charge in [0.2, 0.25) is 0 Å². The first-order valence-electron chi connectivity index (χ1n) is 6.64. The Kier molecular flexibility index (Phi) is 3.48. The number of nitrogens with one attached hydrogen (secondary N) is 1. The molecule has 4 nitrogen and oxygen atoms in total. The van der Waals surface area contributed by atoms with E-state index < -0.39 is 17.8 Å². The van der Waals surface area contributed by atoms with Crippen molar-refractivity contribution in [3.05, 3.63) is 60.3 Å². The second-order valence-electron chi connectivity index (χ2n) is 4.90. The van der Waals surface area contributed by atoms with Crippen LogP contribution in [0.25, 0.3) is 16.6 Å². The number of anilines is 1. The van der Waals surface area contributed by atoms with Crippen LogP contribution < -0.4 is 5.32 Å². The summed E-state index contributed by atoms with van der Waals surface area (Å²) in [5, 5.41) is 11.8. The molecule has 3 rings (SSSR count). The minimum atomic E-state index is -4.40. The zero-order valence-corrected chi connectivity index (χ0v) is 11.6. The Hall–Kier alpha value is -2.96. The summed E-state index contributed by atoms with van der Waals surface area (Å²) >= 11 is 0. The fourth-order valence-electron chi connectivity index (χ4n) is 2.42. The van der Waals surface area contributed by atoms with Gasteiger partial charge in [0.15, 0.2) is 0 Å². The standard InChI is InChI=1S/C16H11F3N2O2/c17-16(18,19)10-5-7-11(8-6-10)21-9-13(20-15(22)23)12-3-1-2-4-14(12)21/h1-9,20H,(H,22,23). The van der Waals surface area contributed by atoms with Gasteiger partial charge in [0, 0.05) is 17.3 Å². The quantitative estimate of drug-likeness (QED) is 0.716. The molecule has 1 aromatic heterocycles. The van der Waals surface area contributed by atoms with Crippen LogP contribution in [0.4, 0.5) is 23.7 Å². The molecule has 0 aliphatic carbocycles. The summed E-state index contributed by atoms with van der Waals surface area (Å²) in [6, 6.07) is 11.7. The predicted molar refractivity (Wildman–Crippen MR) is 79.9 cm³/mol. The Balaban J connectivity index is 2.11. The highest BCUT2D eigenvalue weighted by Gasteiger charge is 2.30. The number of carbonyl (C=O) groups is 1. The molecule has 0 bridgehead atoms. The van der Waals surface area contributed by atoms with Gasteiger partial charge in [0.1, 0.15) is 0 Å². The van der Waals surface area contributed by atoms with Gasteiger partial charge in [-0.1, -0.05) is 18.2 Å². The second-order valence-corrected chi connectivity index (χ2v) is 4.90. The van der Waals surface area contributed by atoms with Crippen LogP contribution >= 0.6 is 0 Å². The molecule has 0 spiro atoms. The van der Waals surface area contributed by atoms with Gasteiger partial charge >= 0.3 is 12.3 Å². The molecule has 0 saturated carbocycles.